The van der Waals surface area contributed by atoms with Gasteiger partial charge in [0.15, 0.2) is 5.43 Å². The Kier molecular flexibility index (Phi) is 2.41. The van der Waals surface area contributed by atoms with Crippen LogP contribution >= 0.6 is 0 Å². The van der Waals surface area contributed by atoms with E-state index in [1.165, 1.54) is 0 Å². The Labute approximate surface area is 70.8 Å². The zero-order valence-electron chi connectivity index (χ0n) is 6.25. The summed E-state index contributed by atoms with van der Waals surface area (Å²) in [7, 11) is 0. The van der Waals surface area contributed by atoms with Crippen LogP contribution in [0.3, 0.4) is 0 Å². The number of rotatable bonds is 2. The molecule has 1 aromatic heterocycles. The molecular formula is C7H5F2NO3. The van der Waals surface area contributed by atoms with Crippen LogP contribution in [0.5, 0.6) is 0 Å². The summed E-state index contributed by atoms with van der Waals surface area (Å²) in [6.45, 7) is 0. The first-order valence-electron chi connectivity index (χ1n) is 3.26. The second kappa shape index (κ2) is 3.34. The van der Waals surface area contributed by atoms with Crippen molar-refractivity contribution in [1.82, 2.24) is 4.98 Å². The Bertz CT molecular complexity index is 386. The third-order valence-electron chi connectivity index (χ3n) is 1.33. The molecule has 4 nitrogen and oxygen atoms in total. The molecule has 1 rings (SSSR count). The Hall–Kier alpha value is -1.72. The van der Waals surface area contributed by atoms with Crippen molar-refractivity contribution in [2.24, 2.45) is 0 Å². The van der Waals surface area contributed by atoms with Crippen molar-refractivity contribution in [2.75, 3.05) is 0 Å². The average Bonchev–Trinajstić information content (AvgIpc) is 2.03. The van der Waals surface area contributed by atoms with Gasteiger partial charge in [0.25, 0.3) is 6.43 Å². The number of carboxylic acids is 1. The zero-order chi connectivity index (χ0) is 10.0. The Morgan fingerprint density at radius 3 is 2.54 bits per heavy atom. The maximum absolute atomic E-state index is 12.0. The standard InChI is InChI=1S/C7H5F2NO3/c8-6(9)4-1-3(11)2-5(10-4)7(12)13/h1-2,6H,(H,10,11)(H,12,13). The summed E-state index contributed by atoms with van der Waals surface area (Å²) < 4.78 is 24.1. The van der Waals surface area contributed by atoms with Crippen LogP contribution < -0.4 is 5.43 Å². The van der Waals surface area contributed by atoms with Crippen LogP contribution in [-0.2, 0) is 0 Å². The molecule has 0 atom stereocenters. The van der Waals surface area contributed by atoms with Gasteiger partial charge in [-0.15, -0.1) is 0 Å². The summed E-state index contributed by atoms with van der Waals surface area (Å²) in [5.74, 6) is -1.44. The summed E-state index contributed by atoms with van der Waals surface area (Å²) in [5, 5.41) is 8.40. The molecule has 0 aliphatic carbocycles. The molecule has 0 aliphatic heterocycles. The van der Waals surface area contributed by atoms with Crippen molar-refractivity contribution in [3.63, 3.8) is 0 Å². The van der Waals surface area contributed by atoms with Crippen LogP contribution in [0.15, 0.2) is 16.9 Å². The Morgan fingerprint density at radius 1 is 1.46 bits per heavy atom. The molecule has 0 radical (unpaired) electrons. The van der Waals surface area contributed by atoms with Crippen LogP contribution in [0, 0.1) is 0 Å². The van der Waals surface area contributed by atoms with Crippen molar-refractivity contribution >= 4 is 5.97 Å². The largest absolute Gasteiger partial charge is 0.477 e. The molecule has 0 unspecified atom stereocenters. The molecule has 0 aromatic carbocycles. The van der Waals surface area contributed by atoms with Gasteiger partial charge in [0.05, 0.1) is 5.69 Å². The van der Waals surface area contributed by atoms with Gasteiger partial charge in [-0.05, 0) is 0 Å². The van der Waals surface area contributed by atoms with E-state index in [0.29, 0.717) is 6.07 Å². The molecule has 0 bridgehead atoms. The molecule has 0 amide bonds. The van der Waals surface area contributed by atoms with Crippen LogP contribution in [0.2, 0.25) is 0 Å². The molecule has 13 heavy (non-hydrogen) atoms. The highest BCUT2D eigenvalue weighted by atomic mass is 19.3. The molecule has 2 N–H and O–H groups in total. The number of carbonyl (C=O) groups is 1. The van der Waals surface area contributed by atoms with E-state index in [4.69, 9.17) is 5.11 Å². The molecule has 1 heterocycles. The number of nitrogens with one attached hydrogen (secondary N) is 1. The van der Waals surface area contributed by atoms with E-state index in [-0.39, 0.29) is 0 Å². The number of carboxylic acid groups (broad SMARTS) is 1. The van der Waals surface area contributed by atoms with Crippen molar-refractivity contribution in [1.29, 1.82) is 0 Å². The molecule has 0 fully saturated rings. The molecule has 70 valence electrons. The second-order valence-electron chi connectivity index (χ2n) is 2.29. The Balaban J connectivity index is 3.27. The average molecular weight is 189 g/mol. The minimum absolute atomic E-state index is 0.539. The molecular weight excluding hydrogens is 184 g/mol. The molecule has 0 saturated carbocycles. The predicted molar refractivity (Wildman–Crippen MR) is 39.0 cm³/mol. The highest BCUT2D eigenvalue weighted by Gasteiger charge is 2.12. The lowest BCUT2D eigenvalue weighted by atomic mass is 10.3. The normalized spacial score (nSPS) is 10.4. The first-order chi connectivity index (χ1) is 6.00. The van der Waals surface area contributed by atoms with Crippen LogP contribution in [-0.4, -0.2) is 16.1 Å². The maximum atomic E-state index is 12.0. The quantitative estimate of drug-likeness (QED) is 0.729. The lowest BCUT2D eigenvalue weighted by molar-refractivity contribution is 0.0688. The smallest absolute Gasteiger partial charge is 0.352 e. The van der Waals surface area contributed by atoms with Crippen molar-refractivity contribution in [3.8, 4) is 0 Å². The van der Waals surface area contributed by atoms with Crippen molar-refractivity contribution < 1.29 is 18.7 Å². The highest BCUT2D eigenvalue weighted by molar-refractivity contribution is 5.85. The molecule has 6 heteroatoms. The number of H-pyrrole nitrogens is 1. The highest BCUT2D eigenvalue weighted by Crippen LogP contribution is 2.14. The third kappa shape index (κ3) is 2.11. The molecule has 0 saturated heterocycles. The lowest BCUT2D eigenvalue weighted by Crippen LogP contribution is -2.10. The van der Waals surface area contributed by atoms with Gasteiger partial charge in [-0.1, -0.05) is 0 Å². The van der Waals surface area contributed by atoms with Crippen LogP contribution in [0.4, 0.5) is 8.78 Å². The van der Waals surface area contributed by atoms with Crippen molar-refractivity contribution in [3.05, 3.63) is 33.7 Å². The first kappa shape index (κ1) is 9.37. The molecule has 1 aromatic rings. The fourth-order valence-electron chi connectivity index (χ4n) is 0.798. The number of hydrogen-bond acceptors (Lipinski definition) is 2. The van der Waals surface area contributed by atoms with E-state index in [1.54, 1.807) is 0 Å². The zero-order valence-corrected chi connectivity index (χ0v) is 6.25. The minimum atomic E-state index is -2.88. The van der Waals surface area contributed by atoms with Gasteiger partial charge < -0.3 is 10.1 Å². The van der Waals surface area contributed by atoms with E-state index < -0.39 is 29.2 Å². The lowest BCUT2D eigenvalue weighted by Gasteiger charge is -2.00. The van der Waals surface area contributed by atoms with E-state index in [0.717, 1.165) is 6.07 Å². The van der Waals surface area contributed by atoms with Gasteiger partial charge in [0.1, 0.15) is 5.69 Å². The molecule has 0 spiro atoms. The Morgan fingerprint density at radius 2 is 2.08 bits per heavy atom. The van der Waals surface area contributed by atoms with Gasteiger partial charge in [-0.2, -0.15) is 0 Å². The number of pyridine rings is 1. The predicted octanol–water partition coefficient (Wildman–Crippen LogP) is 1.01. The summed E-state index contributed by atoms with van der Waals surface area (Å²) >= 11 is 0. The van der Waals surface area contributed by atoms with Gasteiger partial charge in [-0.3, -0.25) is 4.79 Å². The molecule has 0 aliphatic rings. The van der Waals surface area contributed by atoms with Gasteiger partial charge in [-0.25, -0.2) is 13.6 Å². The fourth-order valence-corrected chi connectivity index (χ4v) is 0.798. The van der Waals surface area contributed by atoms with Crippen LogP contribution in [0.1, 0.15) is 22.6 Å². The fraction of sp³-hybridized carbons (Fsp3) is 0.143. The van der Waals surface area contributed by atoms with Gasteiger partial charge >= 0.3 is 5.97 Å². The SMILES string of the molecule is O=C(O)c1cc(=O)cc(C(F)F)[nH]1. The number of aromatic carboxylic acids is 1. The minimum Gasteiger partial charge on any atom is -0.477 e. The van der Waals surface area contributed by atoms with E-state index in [2.05, 4.69) is 0 Å². The monoisotopic (exact) mass is 189 g/mol. The summed E-state index contributed by atoms with van der Waals surface area (Å²) in [6.07, 6.45) is -2.88. The summed E-state index contributed by atoms with van der Waals surface area (Å²) in [6, 6.07) is 1.41. The van der Waals surface area contributed by atoms with E-state index in [9.17, 15) is 18.4 Å². The number of halogens is 2. The number of hydrogen-bond donors (Lipinski definition) is 2. The van der Waals surface area contributed by atoms with Gasteiger partial charge in [0.2, 0.25) is 0 Å². The van der Waals surface area contributed by atoms with Gasteiger partial charge in [0, 0.05) is 12.1 Å². The first-order valence-corrected chi connectivity index (χ1v) is 3.26. The van der Waals surface area contributed by atoms with Crippen molar-refractivity contribution in [2.45, 2.75) is 6.43 Å². The van der Waals surface area contributed by atoms with E-state index >= 15 is 0 Å². The maximum Gasteiger partial charge on any atom is 0.352 e. The topological polar surface area (TPSA) is 70.2 Å². The number of aromatic amines is 1. The van der Waals surface area contributed by atoms with Crippen LogP contribution in [0.25, 0.3) is 0 Å². The third-order valence-corrected chi connectivity index (χ3v) is 1.33. The van der Waals surface area contributed by atoms with E-state index in [1.807, 2.05) is 4.98 Å². The second-order valence-corrected chi connectivity index (χ2v) is 2.29. The number of alkyl halides is 2. The summed E-state index contributed by atoms with van der Waals surface area (Å²) in [5.41, 5.74) is -1.99. The summed E-state index contributed by atoms with van der Waals surface area (Å²) in [4.78, 5) is 23.0. The number of aromatic nitrogens is 1.